The summed E-state index contributed by atoms with van der Waals surface area (Å²) in [6, 6.07) is 0. The van der Waals surface area contributed by atoms with Crippen molar-refractivity contribution in [3.8, 4) is 0 Å². The van der Waals surface area contributed by atoms with Gasteiger partial charge in [0.1, 0.15) is 5.60 Å². The van der Waals surface area contributed by atoms with E-state index in [0.29, 0.717) is 5.82 Å². The Labute approximate surface area is 96.7 Å². The van der Waals surface area contributed by atoms with Crippen molar-refractivity contribution in [1.82, 2.24) is 9.97 Å². The Morgan fingerprint density at radius 2 is 2.19 bits per heavy atom. The molecular formula is C12H20N2O2. The van der Waals surface area contributed by atoms with Crippen LogP contribution in [0.1, 0.15) is 50.4 Å². The van der Waals surface area contributed by atoms with Gasteiger partial charge in [0, 0.05) is 24.6 Å². The minimum atomic E-state index is -0.538. The number of aliphatic hydroxyl groups is 1. The molecule has 0 amide bonds. The third-order valence-corrected chi connectivity index (χ3v) is 3.07. The van der Waals surface area contributed by atoms with E-state index >= 15 is 0 Å². The molecule has 1 unspecified atom stereocenters. The second-order valence-corrected chi connectivity index (χ2v) is 4.20. The van der Waals surface area contributed by atoms with Gasteiger partial charge < -0.3 is 9.84 Å². The smallest absolute Gasteiger partial charge is 0.160 e. The largest absolute Gasteiger partial charge is 0.389 e. The third kappa shape index (κ3) is 2.39. The highest BCUT2D eigenvalue weighted by molar-refractivity contribution is 5.20. The number of ether oxygens (including phenoxy) is 1. The van der Waals surface area contributed by atoms with Gasteiger partial charge in [-0.1, -0.05) is 6.92 Å². The molecule has 4 nitrogen and oxygen atoms in total. The first-order valence-corrected chi connectivity index (χ1v) is 5.51. The Bertz CT molecular complexity index is 360. The van der Waals surface area contributed by atoms with Crippen LogP contribution in [-0.2, 0) is 10.3 Å². The Morgan fingerprint density at radius 3 is 2.56 bits per heavy atom. The highest BCUT2D eigenvalue weighted by atomic mass is 16.5. The summed E-state index contributed by atoms with van der Waals surface area (Å²) in [5.41, 5.74) is 1.11. The number of hydrogen-bond donors (Lipinski definition) is 1. The molecule has 0 saturated carbocycles. The second kappa shape index (κ2) is 4.89. The van der Waals surface area contributed by atoms with E-state index in [1.54, 1.807) is 20.2 Å². The van der Waals surface area contributed by atoms with Crippen molar-refractivity contribution >= 4 is 0 Å². The number of rotatable bonds is 4. The Kier molecular flexibility index (Phi) is 3.99. The normalized spacial score (nSPS) is 16.9. The van der Waals surface area contributed by atoms with Gasteiger partial charge in [0.05, 0.1) is 6.10 Å². The van der Waals surface area contributed by atoms with Crippen LogP contribution >= 0.6 is 0 Å². The zero-order valence-corrected chi connectivity index (χ0v) is 10.6. The molecule has 0 bridgehead atoms. The zero-order valence-electron chi connectivity index (χ0n) is 10.6. The summed E-state index contributed by atoms with van der Waals surface area (Å²) in [5.74, 6) is 0.666. The molecule has 1 N–H and O–H groups in total. The molecule has 4 heteroatoms. The SMILES string of the molecule is CCC(C)(OC)c1ncc([C@H](C)O)c(C)n1. The van der Waals surface area contributed by atoms with Gasteiger partial charge in [-0.15, -0.1) is 0 Å². The summed E-state index contributed by atoms with van der Waals surface area (Å²) in [7, 11) is 1.66. The molecule has 1 aromatic heterocycles. The maximum Gasteiger partial charge on any atom is 0.160 e. The molecule has 1 heterocycles. The van der Waals surface area contributed by atoms with E-state index in [4.69, 9.17) is 4.74 Å². The maximum absolute atomic E-state index is 9.50. The van der Waals surface area contributed by atoms with Gasteiger partial charge in [-0.05, 0) is 27.2 Å². The van der Waals surface area contributed by atoms with E-state index in [1.165, 1.54) is 0 Å². The molecule has 0 radical (unpaired) electrons. The molecule has 0 aliphatic heterocycles. The van der Waals surface area contributed by atoms with Crippen LogP contribution in [-0.4, -0.2) is 22.2 Å². The Balaban J connectivity index is 3.15. The summed E-state index contributed by atoms with van der Waals surface area (Å²) < 4.78 is 5.44. The first-order chi connectivity index (χ1) is 7.44. The molecule has 0 spiro atoms. The van der Waals surface area contributed by atoms with Crippen LogP contribution in [0, 0.1) is 6.92 Å². The number of aryl methyl sites for hydroxylation is 1. The maximum atomic E-state index is 9.50. The monoisotopic (exact) mass is 224 g/mol. The van der Waals surface area contributed by atoms with Gasteiger partial charge in [-0.2, -0.15) is 0 Å². The standard InChI is InChI=1S/C12H20N2O2/c1-6-12(4,16-5)11-13-7-10(9(3)15)8(2)14-11/h7,9,15H,6H2,1-5H3/t9-,12?/m0/s1. The predicted octanol–water partition coefficient (Wildman–Crippen LogP) is 2.11. The van der Waals surface area contributed by atoms with E-state index in [1.807, 2.05) is 20.8 Å². The molecule has 16 heavy (non-hydrogen) atoms. The molecule has 0 aliphatic carbocycles. The van der Waals surface area contributed by atoms with Crippen molar-refractivity contribution < 1.29 is 9.84 Å². The molecule has 0 saturated heterocycles. The van der Waals surface area contributed by atoms with E-state index < -0.39 is 11.7 Å². The number of nitrogens with zero attached hydrogens (tertiary/aromatic N) is 2. The van der Waals surface area contributed by atoms with Gasteiger partial charge in [0.25, 0.3) is 0 Å². The Hall–Kier alpha value is -1.00. The van der Waals surface area contributed by atoms with Gasteiger partial charge in [-0.25, -0.2) is 9.97 Å². The molecule has 2 atom stereocenters. The lowest BCUT2D eigenvalue weighted by Gasteiger charge is -2.25. The lowest BCUT2D eigenvalue weighted by Crippen LogP contribution is -2.26. The van der Waals surface area contributed by atoms with Crippen LogP contribution in [0.25, 0.3) is 0 Å². The molecule has 1 rings (SSSR count). The highest BCUT2D eigenvalue weighted by Gasteiger charge is 2.27. The topological polar surface area (TPSA) is 55.2 Å². The van der Waals surface area contributed by atoms with Crippen molar-refractivity contribution in [3.63, 3.8) is 0 Å². The van der Waals surface area contributed by atoms with Crippen LogP contribution in [0.2, 0.25) is 0 Å². The van der Waals surface area contributed by atoms with Crippen molar-refractivity contribution in [2.75, 3.05) is 7.11 Å². The fraction of sp³-hybridized carbons (Fsp3) is 0.667. The number of aromatic nitrogens is 2. The first kappa shape index (κ1) is 13.1. The van der Waals surface area contributed by atoms with E-state index in [2.05, 4.69) is 9.97 Å². The molecule has 0 aliphatic rings. The summed E-state index contributed by atoms with van der Waals surface area (Å²) in [4.78, 5) is 8.69. The van der Waals surface area contributed by atoms with Gasteiger partial charge in [0.15, 0.2) is 5.82 Å². The average Bonchev–Trinajstić information content (AvgIpc) is 2.27. The quantitative estimate of drug-likeness (QED) is 0.851. The van der Waals surface area contributed by atoms with Gasteiger partial charge in [0.2, 0.25) is 0 Å². The number of aliphatic hydroxyl groups excluding tert-OH is 1. The number of hydrogen-bond acceptors (Lipinski definition) is 4. The third-order valence-electron chi connectivity index (χ3n) is 3.07. The van der Waals surface area contributed by atoms with Crippen molar-refractivity contribution in [3.05, 3.63) is 23.3 Å². The van der Waals surface area contributed by atoms with Crippen LogP contribution in [0.5, 0.6) is 0 Å². The second-order valence-electron chi connectivity index (χ2n) is 4.20. The molecule has 90 valence electrons. The van der Waals surface area contributed by atoms with Gasteiger partial charge in [-0.3, -0.25) is 0 Å². The van der Waals surface area contributed by atoms with E-state index in [-0.39, 0.29) is 0 Å². The molecule has 1 aromatic rings. The van der Waals surface area contributed by atoms with Crippen LogP contribution in [0.3, 0.4) is 0 Å². The van der Waals surface area contributed by atoms with Crippen molar-refractivity contribution in [2.24, 2.45) is 0 Å². The summed E-state index contributed by atoms with van der Waals surface area (Å²) in [6.45, 7) is 7.58. The number of methoxy groups -OCH3 is 1. The van der Waals surface area contributed by atoms with Crippen LogP contribution in [0.15, 0.2) is 6.20 Å². The average molecular weight is 224 g/mol. The summed E-state index contributed by atoms with van der Waals surface area (Å²) in [6.07, 6.45) is 1.94. The summed E-state index contributed by atoms with van der Waals surface area (Å²) >= 11 is 0. The minimum Gasteiger partial charge on any atom is -0.389 e. The molecule has 0 aromatic carbocycles. The summed E-state index contributed by atoms with van der Waals surface area (Å²) in [5, 5.41) is 9.50. The van der Waals surface area contributed by atoms with Crippen molar-refractivity contribution in [1.29, 1.82) is 0 Å². The molecular weight excluding hydrogens is 204 g/mol. The minimum absolute atomic E-state index is 0.456. The predicted molar refractivity (Wildman–Crippen MR) is 62.1 cm³/mol. The van der Waals surface area contributed by atoms with Crippen LogP contribution in [0.4, 0.5) is 0 Å². The lowest BCUT2D eigenvalue weighted by atomic mass is 10.0. The van der Waals surface area contributed by atoms with Crippen LogP contribution < -0.4 is 0 Å². The van der Waals surface area contributed by atoms with Gasteiger partial charge >= 0.3 is 0 Å². The lowest BCUT2D eigenvalue weighted by molar-refractivity contribution is -0.00925. The first-order valence-electron chi connectivity index (χ1n) is 5.51. The fourth-order valence-electron chi connectivity index (χ4n) is 1.54. The zero-order chi connectivity index (χ0) is 12.3. The van der Waals surface area contributed by atoms with Crippen molar-refractivity contribution in [2.45, 2.75) is 45.8 Å². The molecule has 0 fully saturated rings. The van der Waals surface area contributed by atoms with E-state index in [9.17, 15) is 5.11 Å². The van der Waals surface area contributed by atoms with E-state index in [0.717, 1.165) is 17.7 Å². The Morgan fingerprint density at radius 1 is 1.56 bits per heavy atom. The highest BCUT2D eigenvalue weighted by Crippen LogP contribution is 2.26. The fourth-order valence-corrected chi connectivity index (χ4v) is 1.54.